The zero-order valence-electron chi connectivity index (χ0n) is 17.9. The van der Waals surface area contributed by atoms with Gasteiger partial charge in [0.2, 0.25) is 11.0 Å². The van der Waals surface area contributed by atoms with E-state index in [0.29, 0.717) is 35.3 Å². The van der Waals surface area contributed by atoms with Gasteiger partial charge in [0.1, 0.15) is 9.22 Å². The van der Waals surface area contributed by atoms with Crippen molar-refractivity contribution < 1.29 is 13.2 Å². The summed E-state index contributed by atoms with van der Waals surface area (Å²) in [6.07, 6.45) is 8.93. The predicted octanol–water partition coefficient (Wildman–Crippen LogP) is 4.11. The van der Waals surface area contributed by atoms with Gasteiger partial charge in [0.05, 0.1) is 0 Å². The van der Waals surface area contributed by atoms with E-state index in [-0.39, 0.29) is 17.2 Å². The van der Waals surface area contributed by atoms with Crippen LogP contribution in [0.15, 0.2) is 21.7 Å². The van der Waals surface area contributed by atoms with Gasteiger partial charge in [-0.15, -0.1) is 21.5 Å². The minimum absolute atomic E-state index is 0.0635. The maximum Gasteiger partial charge on any atom is 0.252 e. The fourth-order valence-electron chi connectivity index (χ4n) is 6.96. The summed E-state index contributed by atoms with van der Waals surface area (Å²) in [6.45, 7) is 0.736. The van der Waals surface area contributed by atoms with Crippen LogP contribution in [-0.4, -0.2) is 41.9 Å². The lowest BCUT2D eigenvalue weighted by molar-refractivity contribution is -0.120. The van der Waals surface area contributed by atoms with E-state index in [4.69, 9.17) is 0 Å². The van der Waals surface area contributed by atoms with Gasteiger partial charge in [0.15, 0.2) is 0 Å². The second kappa shape index (κ2) is 7.85. The molecule has 0 spiro atoms. The Kier molecular flexibility index (Phi) is 5.20. The van der Waals surface area contributed by atoms with Gasteiger partial charge in [0.25, 0.3) is 10.0 Å². The third-order valence-electron chi connectivity index (χ3n) is 8.06. The summed E-state index contributed by atoms with van der Waals surface area (Å²) in [5.41, 5.74) is 0.191. The lowest BCUT2D eigenvalue weighted by atomic mass is 9.50. The van der Waals surface area contributed by atoms with E-state index in [2.05, 4.69) is 15.5 Å². The topological polar surface area (TPSA) is 92.3 Å². The average Bonchev–Trinajstić information content (AvgIpc) is 3.46. The van der Waals surface area contributed by atoms with Crippen molar-refractivity contribution in [2.24, 2.45) is 23.7 Å². The summed E-state index contributed by atoms with van der Waals surface area (Å²) >= 11 is 2.79. The van der Waals surface area contributed by atoms with Gasteiger partial charge in [-0.05, 0) is 80.6 Å². The van der Waals surface area contributed by atoms with Gasteiger partial charge < -0.3 is 5.32 Å². The normalized spacial score (nSPS) is 32.9. The van der Waals surface area contributed by atoms with Crippen molar-refractivity contribution in [3.8, 4) is 0 Å². The molecule has 0 radical (unpaired) electrons. The Morgan fingerprint density at radius 3 is 2.31 bits per heavy atom. The number of carbonyl (C=O) groups is 1. The standard InChI is InChI=1S/C22H28N4O3S3/c27-19(17-3-5-26(6-4-17)32(28,29)18-2-1-7-30-18)23-21-25-24-20(31-21)22-11-14-8-15(12-22)10-16(9-14)13-22/h1-2,7,14-17H,3-6,8-13H2,(H,23,25,27). The van der Waals surface area contributed by atoms with E-state index in [1.165, 1.54) is 54.2 Å². The number of anilines is 1. The number of hydrogen-bond acceptors (Lipinski definition) is 7. The fourth-order valence-corrected chi connectivity index (χ4v) is 10.5. The number of aromatic nitrogens is 2. The summed E-state index contributed by atoms with van der Waals surface area (Å²) in [5.74, 6) is 2.28. The summed E-state index contributed by atoms with van der Waals surface area (Å²) in [5, 5.41) is 15.3. The molecule has 0 aromatic carbocycles. The summed E-state index contributed by atoms with van der Waals surface area (Å²) in [6, 6.07) is 3.38. The second-order valence-corrected chi connectivity index (χ2v) is 14.3. The Bertz CT molecular complexity index is 1070. The van der Waals surface area contributed by atoms with Gasteiger partial charge in [0, 0.05) is 24.4 Å². The van der Waals surface area contributed by atoms with E-state index < -0.39 is 10.0 Å². The molecule has 0 atom stereocenters. The van der Waals surface area contributed by atoms with Gasteiger partial charge in [-0.2, -0.15) is 4.31 Å². The first-order valence-electron chi connectivity index (χ1n) is 11.6. The zero-order chi connectivity index (χ0) is 21.9. The van der Waals surface area contributed by atoms with Crippen LogP contribution in [0.4, 0.5) is 5.13 Å². The molecule has 7 nitrogen and oxygen atoms in total. The van der Waals surface area contributed by atoms with Crippen LogP contribution in [0, 0.1) is 23.7 Å². The number of nitrogens with zero attached hydrogens (tertiary/aromatic N) is 3. The Labute approximate surface area is 196 Å². The van der Waals surface area contributed by atoms with Gasteiger partial charge >= 0.3 is 0 Å². The van der Waals surface area contributed by atoms with Crippen LogP contribution >= 0.6 is 22.7 Å². The minimum atomic E-state index is -3.45. The van der Waals surface area contributed by atoms with E-state index >= 15 is 0 Å². The third-order valence-corrected chi connectivity index (χ3v) is 12.4. The molecule has 2 aromatic rings. The van der Waals surface area contributed by atoms with Gasteiger partial charge in [-0.1, -0.05) is 17.4 Å². The molecule has 0 unspecified atom stereocenters. The Hall–Kier alpha value is -1.36. The van der Waals surface area contributed by atoms with Gasteiger partial charge in [-0.25, -0.2) is 8.42 Å². The molecule has 1 N–H and O–H groups in total. The van der Waals surface area contributed by atoms with Crippen molar-refractivity contribution in [3.05, 3.63) is 22.5 Å². The number of nitrogens with one attached hydrogen (secondary N) is 1. The van der Waals surface area contributed by atoms with Crippen molar-refractivity contribution in [3.63, 3.8) is 0 Å². The molecule has 4 bridgehead atoms. The minimum Gasteiger partial charge on any atom is -0.300 e. The van der Waals surface area contributed by atoms with E-state index in [1.807, 2.05) is 0 Å². The van der Waals surface area contributed by atoms with Crippen LogP contribution in [0.5, 0.6) is 0 Å². The van der Waals surface area contributed by atoms with Crippen LogP contribution in [0.25, 0.3) is 0 Å². The number of amides is 1. The van der Waals surface area contributed by atoms with Crippen LogP contribution in [0.2, 0.25) is 0 Å². The highest BCUT2D eigenvalue weighted by molar-refractivity contribution is 7.91. The molecule has 2 aromatic heterocycles. The van der Waals surface area contributed by atoms with Crippen LogP contribution < -0.4 is 5.32 Å². The monoisotopic (exact) mass is 492 g/mol. The van der Waals surface area contributed by atoms with Crippen LogP contribution in [0.3, 0.4) is 0 Å². The molecule has 1 aliphatic heterocycles. The van der Waals surface area contributed by atoms with Crippen molar-refractivity contribution >= 4 is 43.7 Å². The number of hydrogen-bond donors (Lipinski definition) is 1. The van der Waals surface area contributed by atoms with Crippen LogP contribution in [0.1, 0.15) is 56.4 Å². The van der Waals surface area contributed by atoms with E-state index in [0.717, 1.165) is 22.8 Å². The zero-order valence-corrected chi connectivity index (χ0v) is 20.4. The molecule has 172 valence electrons. The molecule has 4 saturated carbocycles. The highest BCUT2D eigenvalue weighted by Crippen LogP contribution is 2.61. The molecule has 10 heteroatoms. The lowest BCUT2D eigenvalue weighted by Gasteiger charge is -2.55. The first-order valence-corrected chi connectivity index (χ1v) is 14.7. The SMILES string of the molecule is O=C(Nc1nnc(C23CC4CC(CC(C4)C2)C3)s1)C1CCN(S(=O)(=O)c2cccs2)CC1. The number of piperidine rings is 1. The molecule has 4 aliphatic carbocycles. The summed E-state index contributed by atoms with van der Waals surface area (Å²) in [4.78, 5) is 12.9. The van der Waals surface area contributed by atoms with Gasteiger partial charge in [-0.3, -0.25) is 4.79 Å². The molecule has 5 aliphatic rings. The molecule has 5 fully saturated rings. The Morgan fingerprint density at radius 1 is 1.06 bits per heavy atom. The highest BCUT2D eigenvalue weighted by atomic mass is 32.2. The average molecular weight is 493 g/mol. The molecular formula is C22H28N4O3S3. The molecule has 3 heterocycles. The molecular weight excluding hydrogens is 464 g/mol. The summed E-state index contributed by atoms with van der Waals surface area (Å²) < 4.78 is 27.3. The van der Waals surface area contributed by atoms with E-state index in [9.17, 15) is 13.2 Å². The molecule has 7 rings (SSSR count). The lowest BCUT2D eigenvalue weighted by Crippen LogP contribution is -2.48. The van der Waals surface area contributed by atoms with Crippen LogP contribution in [-0.2, 0) is 20.2 Å². The fraction of sp³-hybridized carbons (Fsp3) is 0.682. The van der Waals surface area contributed by atoms with E-state index in [1.54, 1.807) is 28.8 Å². The molecule has 32 heavy (non-hydrogen) atoms. The molecule has 1 saturated heterocycles. The van der Waals surface area contributed by atoms with Crippen molar-refractivity contribution in [1.29, 1.82) is 0 Å². The predicted molar refractivity (Wildman–Crippen MR) is 124 cm³/mol. The first-order chi connectivity index (χ1) is 15.4. The Morgan fingerprint density at radius 2 is 1.72 bits per heavy atom. The highest BCUT2D eigenvalue weighted by Gasteiger charge is 2.53. The molecule has 1 amide bonds. The number of thiophene rings is 1. The van der Waals surface area contributed by atoms with Crippen molar-refractivity contribution in [1.82, 2.24) is 14.5 Å². The first kappa shape index (κ1) is 21.2. The number of carbonyl (C=O) groups excluding carboxylic acids is 1. The quantitative estimate of drug-likeness (QED) is 0.678. The van der Waals surface area contributed by atoms with Crippen molar-refractivity contribution in [2.45, 2.75) is 61.0 Å². The summed E-state index contributed by atoms with van der Waals surface area (Å²) in [7, 11) is -3.45. The third kappa shape index (κ3) is 3.63. The van der Waals surface area contributed by atoms with Crippen molar-refractivity contribution in [2.75, 3.05) is 18.4 Å². The number of sulfonamides is 1. The Balaban J connectivity index is 1.08. The largest absolute Gasteiger partial charge is 0.300 e. The maximum absolute atomic E-state index is 12.9. The second-order valence-electron chi connectivity index (χ2n) is 10.2. The maximum atomic E-state index is 12.9. The smallest absolute Gasteiger partial charge is 0.252 e. The number of rotatable bonds is 5.